The number of carbonyl (C=O) groups excluding carboxylic acids is 1. The van der Waals surface area contributed by atoms with E-state index in [1.54, 1.807) is 0 Å². The second-order valence-corrected chi connectivity index (χ2v) is 9.43. The van der Waals surface area contributed by atoms with Crippen LogP contribution in [-0.2, 0) is 20.7 Å². The summed E-state index contributed by atoms with van der Waals surface area (Å²) in [5, 5.41) is 12.2. The lowest BCUT2D eigenvalue weighted by atomic mass is 9.90. The number of rotatable bonds is 8. The molecule has 0 aromatic heterocycles. The molecule has 0 radical (unpaired) electrons. The van der Waals surface area contributed by atoms with E-state index in [2.05, 4.69) is 47.8 Å². The van der Waals surface area contributed by atoms with Crippen molar-refractivity contribution in [3.63, 3.8) is 0 Å². The van der Waals surface area contributed by atoms with Crippen LogP contribution in [0.4, 0.5) is 0 Å². The topological polar surface area (TPSA) is 67.8 Å². The first-order chi connectivity index (χ1) is 16.2. The number of nitrogens with one attached hydrogen (secondary N) is 1. The molecule has 1 amide bonds. The largest absolute Gasteiger partial charge is 0.459 e. The molecule has 2 atom stereocenters. The van der Waals surface area contributed by atoms with Crippen molar-refractivity contribution in [1.29, 1.82) is 0 Å². The number of allylic oxidation sites excluding steroid dienone is 1. The van der Waals surface area contributed by atoms with E-state index in [4.69, 9.17) is 14.6 Å². The maximum Gasteiger partial charge on any atom is 0.286 e. The zero-order valence-corrected chi connectivity index (χ0v) is 19.1. The normalized spacial score (nSPS) is 21.8. The van der Waals surface area contributed by atoms with Crippen molar-refractivity contribution < 1.29 is 19.4 Å². The molecular weight excluding hydrogens is 414 g/mol. The molecule has 1 fully saturated rings. The van der Waals surface area contributed by atoms with Crippen LogP contribution in [0, 0.1) is 0 Å². The van der Waals surface area contributed by atoms with Gasteiger partial charge in [0.2, 0.25) is 6.29 Å². The molecule has 5 heteroatoms. The van der Waals surface area contributed by atoms with E-state index in [0.717, 1.165) is 25.7 Å². The lowest BCUT2D eigenvalue weighted by Gasteiger charge is -2.30. The highest BCUT2D eigenvalue weighted by Gasteiger charge is 2.31. The minimum absolute atomic E-state index is 0.0555. The number of amides is 1. The van der Waals surface area contributed by atoms with E-state index in [0.29, 0.717) is 25.2 Å². The molecule has 1 saturated carbocycles. The van der Waals surface area contributed by atoms with Gasteiger partial charge >= 0.3 is 0 Å². The predicted octanol–water partition coefficient (Wildman–Crippen LogP) is 4.82. The van der Waals surface area contributed by atoms with Crippen LogP contribution >= 0.6 is 0 Å². The second-order valence-electron chi connectivity index (χ2n) is 9.43. The van der Waals surface area contributed by atoms with Gasteiger partial charge in [0.1, 0.15) is 0 Å². The molecule has 1 heterocycles. The van der Waals surface area contributed by atoms with Gasteiger partial charge < -0.3 is 19.9 Å². The Kier molecular flexibility index (Phi) is 6.79. The van der Waals surface area contributed by atoms with Gasteiger partial charge in [-0.15, -0.1) is 0 Å². The number of benzene rings is 2. The number of aliphatic hydroxyl groups is 1. The predicted molar refractivity (Wildman–Crippen MR) is 128 cm³/mol. The lowest BCUT2D eigenvalue weighted by molar-refractivity contribution is -0.146. The third-order valence-corrected chi connectivity index (χ3v) is 7.07. The number of fused-ring (bicyclic) bond motifs is 3. The average Bonchev–Trinajstić information content (AvgIpc) is 3.48. The smallest absolute Gasteiger partial charge is 0.286 e. The van der Waals surface area contributed by atoms with Crippen molar-refractivity contribution in [3.8, 4) is 11.1 Å². The van der Waals surface area contributed by atoms with Gasteiger partial charge in [-0.25, -0.2) is 0 Å². The average molecular weight is 448 g/mol. The molecule has 33 heavy (non-hydrogen) atoms. The zero-order valence-electron chi connectivity index (χ0n) is 19.1. The van der Waals surface area contributed by atoms with Crippen LogP contribution < -0.4 is 5.32 Å². The fourth-order valence-corrected chi connectivity index (χ4v) is 5.30. The molecule has 1 aliphatic heterocycles. The third-order valence-electron chi connectivity index (χ3n) is 7.07. The zero-order chi connectivity index (χ0) is 22.6. The van der Waals surface area contributed by atoms with Crippen molar-refractivity contribution in [2.75, 3.05) is 13.2 Å². The van der Waals surface area contributed by atoms with Crippen LogP contribution in [0.15, 0.2) is 54.3 Å². The summed E-state index contributed by atoms with van der Waals surface area (Å²) < 4.78 is 12.0. The Morgan fingerprint density at radius 3 is 2.73 bits per heavy atom. The minimum atomic E-state index is -0.464. The number of hydrogen-bond acceptors (Lipinski definition) is 4. The van der Waals surface area contributed by atoms with Crippen LogP contribution in [0.25, 0.3) is 11.1 Å². The first-order valence-corrected chi connectivity index (χ1v) is 12.3. The molecule has 0 bridgehead atoms. The fraction of sp³-hybridized carbons (Fsp3) is 0.464. The quantitative estimate of drug-likeness (QED) is 0.486. The Balaban J connectivity index is 1.36. The van der Waals surface area contributed by atoms with Crippen molar-refractivity contribution in [2.45, 2.75) is 69.6 Å². The highest BCUT2D eigenvalue weighted by Crippen LogP contribution is 2.40. The van der Waals surface area contributed by atoms with Gasteiger partial charge in [0, 0.05) is 25.0 Å². The molecule has 3 aliphatic rings. The first kappa shape index (κ1) is 22.2. The minimum Gasteiger partial charge on any atom is -0.459 e. The summed E-state index contributed by atoms with van der Waals surface area (Å²) >= 11 is 0. The molecule has 5 rings (SSSR count). The molecule has 0 unspecified atom stereocenters. The van der Waals surface area contributed by atoms with Gasteiger partial charge in [0.25, 0.3) is 5.91 Å². The third kappa shape index (κ3) is 4.99. The van der Waals surface area contributed by atoms with Crippen LogP contribution in [0.2, 0.25) is 0 Å². The number of hydrogen-bond donors (Lipinski definition) is 2. The van der Waals surface area contributed by atoms with Crippen LogP contribution in [0.1, 0.15) is 67.6 Å². The monoisotopic (exact) mass is 447 g/mol. The van der Waals surface area contributed by atoms with E-state index >= 15 is 0 Å². The summed E-state index contributed by atoms with van der Waals surface area (Å²) in [5.41, 5.74) is 6.53. The number of carbonyl (C=O) groups is 1. The van der Waals surface area contributed by atoms with Crippen LogP contribution in [0.5, 0.6) is 0 Å². The van der Waals surface area contributed by atoms with Crippen LogP contribution in [0.3, 0.4) is 0 Å². The maximum atomic E-state index is 13.0. The maximum absolute atomic E-state index is 13.0. The van der Waals surface area contributed by atoms with E-state index in [1.165, 1.54) is 40.7 Å². The van der Waals surface area contributed by atoms with Crippen molar-refractivity contribution in [3.05, 3.63) is 71.0 Å². The van der Waals surface area contributed by atoms with Crippen molar-refractivity contribution in [2.24, 2.45) is 0 Å². The Morgan fingerprint density at radius 1 is 1.06 bits per heavy atom. The fourth-order valence-electron chi connectivity index (χ4n) is 5.30. The second kappa shape index (κ2) is 10.1. The van der Waals surface area contributed by atoms with Gasteiger partial charge in [-0.2, -0.15) is 0 Å². The summed E-state index contributed by atoms with van der Waals surface area (Å²) in [6, 6.07) is 15.5. The summed E-state index contributed by atoms with van der Waals surface area (Å²) in [6.07, 6.45) is 9.01. The highest BCUT2D eigenvalue weighted by molar-refractivity contribution is 5.92. The van der Waals surface area contributed by atoms with Gasteiger partial charge in [0.15, 0.2) is 5.76 Å². The summed E-state index contributed by atoms with van der Waals surface area (Å²) in [6.45, 7) is 0.666. The summed E-state index contributed by atoms with van der Waals surface area (Å²) in [5.74, 6) is 0.290. The van der Waals surface area contributed by atoms with Gasteiger partial charge in [-0.05, 0) is 66.0 Å². The van der Waals surface area contributed by atoms with Crippen molar-refractivity contribution >= 4 is 5.91 Å². The van der Waals surface area contributed by atoms with Gasteiger partial charge in [-0.3, -0.25) is 4.79 Å². The molecule has 0 saturated heterocycles. The van der Waals surface area contributed by atoms with Gasteiger partial charge in [0.05, 0.1) is 6.61 Å². The first-order valence-electron chi connectivity index (χ1n) is 12.3. The Bertz CT molecular complexity index is 1020. The number of aliphatic hydroxyl groups excluding tert-OH is 1. The molecule has 2 aliphatic carbocycles. The van der Waals surface area contributed by atoms with E-state index in [9.17, 15) is 4.79 Å². The summed E-state index contributed by atoms with van der Waals surface area (Å²) in [4.78, 5) is 13.0. The SMILES string of the molecule is O=C(NC1CCCC1)C1=C[C@H](c2ccc3c(c2)Cc2ccccc2-3)C[C@H](OCCCCO)O1. The highest BCUT2D eigenvalue weighted by atomic mass is 16.7. The Morgan fingerprint density at radius 2 is 1.88 bits per heavy atom. The molecule has 0 spiro atoms. The van der Waals surface area contributed by atoms with Crippen LogP contribution in [-0.4, -0.2) is 36.6 Å². The van der Waals surface area contributed by atoms with E-state index in [-0.39, 0.29) is 24.5 Å². The number of unbranched alkanes of at least 4 members (excludes halogenated alkanes) is 1. The molecular formula is C28H33NO4. The Labute approximate surface area is 195 Å². The van der Waals surface area contributed by atoms with Gasteiger partial charge in [-0.1, -0.05) is 55.3 Å². The standard InChI is InChI=1S/C28H33NO4/c30-13-5-6-14-32-27-18-21(17-26(33-27)28(31)29-23-8-2-3-9-23)19-11-12-25-22(15-19)16-20-7-1-4-10-24(20)25/h1,4,7,10-12,15,17,21,23,27,30H,2-3,5-6,8-9,13-14,16,18H2,(H,29,31)/t21-,27+/m0/s1. The molecule has 5 nitrogen and oxygen atoms in total. The summed E-state index contributed by atoms with van der Waals surface area (Å²) in [7, 11) is 0. The molecule has 2 N–H and O–H groups in total. The van der Waals surface area contributed by atoms with Crippen molar-refractivity contribution in [1.82, 2.24) is 5.32 Å². The molecule has 2 aromatic carbocycles. The van der Waals surface area contributed by atoms with E-state index < -0.39 is 6.29 Å². The molecule has 2 aromatic rings. The molecule has 174 valence electrons. The number of ether oxygens (including phenoxy) is 2. The van der Waals surface area contributed by atoms with E-state index in [1.807, 2.05) is 6.08 Å². The lowest BCUT2D eigenvalue weighted by Crippen LogP contribution is -2.37. The Hall–Kier alpha value is -2.63.